The lowest BCUT2D eigenvalue weighted by molar-refractivity contribution is 0.0953. The van der Waals surface area contributed by atoms with Gasteiger partial charge < -0.3 is 25.8 Å². The first-order valence-electron chi connectivity index (χ1n) is 9.67. The van der Waals surface area contributed by atoms with Crippen molar-refractivity contribution in [2.24, 2.45) is 4.99 Å². The number of phenolic OH excluding ortho intramolecular Hbond substituents is 1. The Morgan fingerprint density at radius 2 is 1.90 bits per heavy atom. The number of halogens is 3. The molecule has 170 valence electrons. The largest absolute Gasteiger partial charge is 0.508 e. The Morgan fingerprint density at radius 3 is 2.61 bits per heavy atom. The molecule has 31 heavy (non-hydrogen) atoms. The number of phenols is 1. The van der Waals surface area contributed by atoms with E-state index in [0.29, 0.717) is 44.1 Å². The molecule has 0 aromatic heterocycles. The third-order valence-electron chi connectivity index (χ3n) is 3.89. The number of nitrogens with one attached hydrogen (secondary N) is 3. The highest BCUT2D eigenvalue weighted by Crippen LogP contribution is 2.17. The number of aliphatic imine (C=N–C) groups is 1. The van der Waals surface area contributed by atoms with E-state index in [4.69, 9.17) is 4.74 Å². The van der Waals surface area contributed by atoms with Gasteiger partial charge in [0.05, 0.1) is 6.54 Å². The number of benzene rings is 2. The highest BCUT2D eigenvalue weighted by atomic mass is 127. The summed E-state index contributed by atoms with van der Waals surface area (Å²) in [5, 5.41) is 18.3. The quantitative estimate of drug-likeness (QED) is 0.159. The average molecular weight is 548 g/mol. The number of hydrogen-bond acceptors (Lipinski definition) is 4. The number of aromatic hydroxyl groups is 1. The van der Waals surface area contributed by atoms with Crippen molar-refractivity contribution in [2.45, 2.75) is 13.3 Å². The summed E-state index contributed by atoms with van der Waals surface area (Å²) in [6.45, 7) is 4.04. The summed E-state index contributed by atoms with van der Waals surface area (Å²) in [5.41, 5.74) is 0.395. The van der Waals surface area contributed by atoms with Crippen LogP contribution in [0.3, 0.4) is 0 Å². The van der Waals surface area contributed by atoms with Crippen molar-refractivity contribution < 1.29 is 23.4 Å². The van der Waals surface area contributed by atoms with Crippen LogP contribution < -0.4 is 20.7 Å². The van der Waals surface area contributed by atoms with Crippen LogP contribution >= 0.6 is 24.0 Å². The minimum absolute atomic E-state index is 0. The van der Waals surface area contributed by atoms with Gasteiger partial charge in [0.15, 0.2) is 17.5 Å². The van der Waals surface area contributed by atoms with Gasteiger partial charge in [-0.2, -0.15) is 0 Å². The maximum atomic E-state index is 13.5. The average Bonchev–Trinajstić information content (AvgIpc) is 2.72. The van der Waals surface area contributed by atoms with Crippen molar-refractivity contribution in [1.82, 2.24) is 16.0 Å². The molecule has 0 atom stereocenters. The first-order valence-corrected chi connectivity index (χ1v) is 9.67. The van der Waals surface area contributed by atoms with Crippen molar-refractivity contribution in [3.05, 3.63) is 59.7 Å². The Hall–Kier alpha value is -2.63. The summed E-state index contributed by atoms with van der Waals surface area (Å²) >= 11 is 0. The van der Waals surface area contributed by atoms with E-state index in [1.165, 1.54) is 18.2 Å². The second kappa shape index (κ2) is 14.4. The molecular weight excluding hydrogens is 521 g/mol. The Kier molecular flexibility index (Phi) is 12.3. The van der Waals surface area contributed by atoms with E-state index >= 15 is 0 Å². The van der Waals surface area contributed by atoms with Crippen molar-refractivity contribution in [1.29, 1.82) is 0 Å². The molecule has 0 saturated heterocycles. The van der Waals surface area contributed by atoms with Crippen LogP contribution in [0.5, 0.6) is 11.5 Å². The number of ether oxygens (including phenoxy) is 1. The standard InChI is InChI=1S/C21H26F2N4O3.HI/c1-2-24-21(27-11-12-30-19-8-7-16(22)14-18(19)23)26-10-4-9-25-20(29)15-5-3-6-17(28)13-15;/h3,5-8,13-14,28H,2,4,9-12H2,1H3,(H,25,29)(H2,24,26,27);1H. The van der Waals surface area contributed by atoms with E-state index in [1.54, 1.807) is 12.1 Å². The molecule has 10 heteroatoms. The van der Waals surface area contributed by atoms with E-state index in [0.717, 1.165) is 12.1 Å². The Bertz CT molecular complexity index is 868. The fourth-order valence-corrected chi connectivity index (χ4v) is 2.49. The van der Waals surface area contributed by atoms with Crippen LogP contribution in [0.15, 0.2) is 47.5 Å². The molecule has 2 rings (SSSR count). The number of guanidine groups is 1. The lowest BCUT2D eigenvalue weighted by atomic mass is 10.2. The SMILES string of the molecule is CCNC(=NCCCNC(=O)c1cccc(O)c1)NCCOc1ccc(F)cc1F.I. The van der Waals surface area contributed by atoms with Gasteiger partial charge in [0.1, 0.15) is 18.2 Å². The van der Waals surface area contributed by atoms with Gasteiger partial charge in [0.25, 0.3) is 5.91 Å². The number of nitrogens with zero attached hydrogens (tertiary/aromatic N) is 1. The summed E-state index contributed by atoms with van der Waals surface area (Å²) in [6.07, 6.45) is 0.623. The molecule has 0 bridgehead atoms. The second-order valence-electron chi connectivity index (χ2n) is 6.27. The van der Waals surface area contributed by atoms with Crippen LogP contribution in [0.2, 0.25) is 0 Å². The molecule has 4 N–H and O–H groups in total. The Labute approximate surface area is 197 Å². The van der Waals surface area contributed by atoms with Crippen LogP contribution in [0, 0.1) is 11.6 Å². The molecule has 2 aromatic rings. The fourth-order valence-electron chi connectivity index (χ4n) is 2.49. The number of carbonyl (C=O) groups excluding carboxylic acids is 1. The van der Waals surface area contributed by atoms with Gasteiger partial charge in [-0.05, 0) is 43.7 Å². The molecule has 0 unspecified atom stereocenters. The van der Waals surface area contributed by atoms with Gasteiger partial charge in [0.2, 0.25) is 0 Å². The molecule has 0 aliphatic rings. The predicted molar refractivity (Wildman–Crippen MR) is 126 cm³/mol. The normalized spacial score (nSPS) is 10.7. The van der Waals surface area contributed by atoms with Gasteiger partial charge in [-0.25, -0.2) is 8.78 Å². The molecule has 0 aliphatic carbocycles. The van der Waals surface area contributed by atoms with Crippen LogP contribution in [-0.2, 0) is 0 Å². The van der Waals surface area contributed by atoms with E-state index in [1.807, 2.05) is 6.92 Å². The van der Waals surface area contributed by atoms with Crippen LogP contribution in [0.4, 0.5) is 8.78 Å². The van der Waals surface area contributed by atoms with E-state index < -0.39 is 11.6 Å². The van der Waals surface area contributed by atoms with Crippen molar-refractivity contribution >= 4 is 35.8 Å². The lowest BCUT2D eigenvalue weighted by Crippen LogP contribution is -2.39. The molecule has 1 amide bonds. The monoisotopic (exact) mass is 548 g/mol. The van der Waals surface area contributed by atoms with Gasteiger partial charge in [-0.15, -0.1) is 24.0 Å². The van der Waals surface area contributed by atoms with E-state index in [-0.39, 0.29) is 48.0 Å². The summed E-state index contributed by atoms with van der Waals surface area (Å²) < 4.78 is 31.7. The smallest absolute Gasteiger partial charge is 0.251 e. The molecule has 0 spiro atoms. The maximum absolute atomic E-state index is 13.5. The first kappa shape index (κ1) is 26.4. The highest BCUT2D eigenvalue weighted by molar-refractivity contribution is 14.0. The molecule has 0 fully saturated rings. The Balaban J connectivity index is 0.00000480. The number of carbonyl (C=O) groups is 1. The Morgan fingerprint density at radius 1 is 1.10 bits per heavy atom. The fraction of sp³-hybridized carbons (Fsp3) is 0.333. The van der Waals surface area contributed by atoms with Crippen LogP contribution in [0.1, 0.15) is 23.7 Å². The summed E-state index contributed by atoms with van der Waals surface area (Å²) in [6, 6.07) is 9.29. The maximum Gasteiger partial charge on any atom is 0.251 e. The summed E-state index contributed by atoms with van der Waals surface area (Å²) in [4.78, 5) is 16.4. The zero-order chi connectivity index (χ0) is 21.8. The number of hydrogen-bond donors (Lipinski definition) is 4. The van der Waals surface area contributed by atoms with Crippen molar-refractivity contribution in [3.8, 4) is 11.5 Å². The topological polar surface area (TPSA) is 95.0 Å². The third-order valence-corrected chi connectivity index (χ3v) is 3.89. The minimum atomic E-state index is -0.747. The molecule has 0 radical (unpaired) electrons. The molecule has 0 saturated carbocycles. The van der Waals surface area contributed by atoms with Crippen LogP contribution in [0.25, 0.3) is 0 Å². The van der Waals surface area contributed by atoms with Gasteiger partial charge in [-0.1, -0.05) is 6.07 Å². The highest BCUT2D eigenvalue weighted by Gasteiger charge is 2.06. The molecule has 0 heterocycles. The van der Waals surface area contributed by atoms with Crippen molar-refractivity contribution in [2.75, 3.05) is 32.8 Å². The zero-order valence-corrected chi connectivity index (χ0v) is 19.5. The molecule has 0 aliphatic heterocycles. The second-order valence-corrected chi connectivity index (χ2v) is 6.27. The summed E-state index contributed by atoms with van der Waals surface area (Å²) in [7, 11) is 0. The predicted octanol–water partition coefficient (Wildman–Crippen LogP) is 3.04. The van der Waals surface area contributed by atoms with Crippen LogP contribution in [-0.4, -0.2) is 49.8 Å². The van der Waals surface area contributed by atoms with Gasteiger partial charge >= 0.3 is 0 Å². The lowest BCUT2D eigenvalue weighted by Gasteiger charge is -2.12. The molecule has 7 nitrogen and oxygen atoms in total. The molecule has 2 aromatic carbocycles. The van der Waals surface area contributed by atoms with Gasteiger partial charge in [0, 0.05) is 31.3 Å². The van der Waals surface area contributed by atoms with E-state index in [2.05, 4.69) is 20.9 Å². The van der Waals surface area contributed by atoms with Crippen molar-refractivity contribution in [3.63, 3.8) is 0 Å². The van der Waals surface area contributed by atoms with Gasteiger partial charge in [-0.3, -0.25) is 9.79 Å². The first-order chi connectivity index (χ1) is 14.5. The number of amides is 1. The van der Waals surface area contributed by atoms with E-state index in [9.17, 15) is 18.7 Å². The summed E-state index contributed by atoms with van der Waals surface area (Å²) in [5.74, 6) is -1.06. The molecular formula is C21H27F2IN4O3. The number of rotatable bonds is 10. The zero-order valence-electron chi connectivity index (χ0n) is 17.2. The third kappa shape index (κ3) is 9.81. The minimum Gasteiger partial charge on any atom is -0.508 e.